The number of rotatable bonds is 6. The zero-order valence-electron chi connectivity index (χ0n) is 14.9. The van der Waals surface area contributed by atoms with Crippen LogP contribution in [0.4, 0.5) is 10.5 Å². The maximum Gasteiger partial charge on any atom is 0.319 e. The third-order valence-electron chi connectivity index (χ3n) is 4.15. The number of carbonyl (C=O) groups excluding carboxylic acids is 1. The Morgan fingerprint density at radius 1 is 0.893 bits per heavy atom. The zero-order chi connectivity index (χ0) is 20.0. The Morgan fingerprint density at radius 3 is 2.18 bits per heavy atom. The van der Waals surface area contributed by atoms with E-state index in [4.69, 9.17) is 11.6 Å². The van der Waals surface area contributed by atoms with Gasteiger partial charge in [0.05, 0.1) is 4.90 Å². The fourth-order valence-corrected chi connectivity index (χ4v) is 4.65. The van der Waals surface area contributed by atoms with Gasteiger partial charge in [0.25, 0.3) is 0 Å². The molecule has 0 aromatic heterocycles. The first-order valence-corrected chi connectivity index (χ1v) is 10.5. The van der Waals surface area contributed by atoms with Gasteiger partial charge >= 0.3 is 6.03 Å². The number of anilines is 1. The highest BCUT2D eigenvalue weighted by atomic mass is 35.5. The molecule has 3 aromatic carbocycles. The molecule has 0 saturated carbocycles. The first-order valence-electron chi connectivity index (χ1n) is 8.61. The van der Waals surface area contributed by atoms with Gasteiger partial charge < -0.3 is 10.6 Å². The van der Waals surface area contributed by atoms with Crippen LogP contribution in [0.5, 0.6) is 0 Å². The number of amides is 2. The molecule has 0 bridgehead atoms. The quantitative estimate of drug-likeness (QED) is 0.615. The van der Waals surface area contributed by atoms with E-state index in [1.165, 1.54) is 0 Å². The Balaban J connectivity index is 1.80. The average molecular weight is 415 g/mol. The highest BCUT2D eigenvalue weighted by molar-refractivity contribution is 7.91. The van der Waals surface area contributed by atoms with Crippen LogP contribution >= 0.6 is 11.6 Å². The van der Waals surface area contributed by atoms with Gasteiger partial charge in [-0.2, -0.15) is 0 Å². The lowest BCUT2D eigenvalue weighted by molar-refractivity contribution is 0.252. The van der Waals surface area contributed by atoms with Crippen LogP contribution in [0.3, 0.4) is 0 Å². The minimum absolute atomic E-state index is 0.0758. The van der Waals surface area contributed by atoms with Crippen molar-refractivity contribution in [3.05, 3.63) is 95.5 Å². The van der Waals surface area contributed by atoms with Crippen molar-refractivity contribution in [2.24, 2.45) is 0 Å². The SMILES string of the molecule is O=C(NC[C@@H](c1ccccc1)S(=O)(=O)c1ccccc1)Nc1cccc(Cl)c1. The van der Waals surface area contributed by atoms with Crippen molar-refractivity contribution < 1.29 is 13.2 Å². The zero-order valence-corrected chi connectivity index (χ0v) is 16.5. The molecule has 3 rings (SSSR count). The first kappa shape index (κ1) is 19.9. The number of hydrogen-bond donors (Lipinski definition) is 2. The van der Waals surface area contributed by atoms with Crippen molar-refractivity contribution in [3.8, 4) is 0 Å². The molecule has 0 aliphatic rings. The van der Waals surface area contributed by atoms with E-state index < -0.39 is 21.1 Å². The van der Waals surface area contributed by atoms with Crippen LogP contribution in [0.2, 0.25) is 5.02 Å². The van der Waals surface area contributed by atoms with Crippen LogP contribution in [0.15, 0.2) is 89.8 Å². The standard InChI is InChI=1S/C21H19ClN2O3S/c22-17-10-7-11-18(14-17)24-21(25)23-15-20(16-8-3-1-4-9-16)28(26,27)19-12-5-2-6-13-19/h1-14,20H,15H2,(H2,23,24,25)/t20-/m0/s1. The molecule has 0 aliphatic carbocycles. The highest BCUT2D eigenvalue weighted by Gasteiger charge is 2.29. The van der Waals surface area contributed by atoms with Crippen LogP contribution in [-0.4, -0.2) is 21.0 Å². The third-order valence-corrected chi connectivity index (χ3v) is 6.50. The molecule has 144 valence electrons. The summed E-state index contributed by atoms with van der Waals surface area (Å²) in [5, 5.41) is 4.88. The third kappa shape index (κ3) is 4.91. The Kier molecular flexibility index (Phi) is 6.34. The molecular formula is C21H19ClN2O3S. The molecule has 0 fully saturated rings. The summed E-state index contributed by atoms with van der Waals surface area (Å²) >= 11 is 5.91. The molecule has 1 atom stereocenters. The lowest BCUT2D eigenvalue weighted by Crippen LogP contribution is -2.34. The largest absolute Gasteiger partial charge is 0.336 e. The maximum absolute atomic E-state index is 13.2. The van der Waals surface area contributed by atoms with Gasteiger partial charge in [-0.25, -0.2) is 13.2 Å². The second-order valence-corrected chi connectivity index (χ2v) is 8.67. The summed E-state index contributed by atoms with van der Waals surface area (Å²) in [6.45, 7) is -0.0758. The van der Waals surface area contributed by atoms with Crippen LogP contribution in [-0.2, 0) is 9.84 Å². The van der Waals surface area contributed by atoms with Crippen LogP contribution in [0.1, 0.15) is 10.8 Å². The van der Waals surface area contributed by atoms with Gasteiger partial charge in [-0.05, 0) is 35.9 Å². The van der Waals surface area contributed by atoms with Crippen molar-refractivity contribution in [2.45, 2.75) is 10.1 Å². The molecule has 0 saturated heterocycles. The van der Waals surface area contributed by atoms with Crippen molar-refractivity contribution in [3.63, 3.8) is 0 Å². The lowest BCUT2D eigenvalue weighted by atomic mass is 10.1. The molecule has 28 heavy (non-hydrogen) atoms. The fraction of sp³-hybridized carbons (Fsp3) is 0.0952. The van der Waals surface area contributed by atoms with E-state index >= 15 is 0 Å². The van der Waals surface area contributed by atoms with E-state index in [0.717, 1.165) is 0 Å². The number of halogens is 1. The van der Waals surface area contributed by atoms with Crippen molar-refractivity contribution in [1.29, 1.82) is 0 Å². The Labute approximate surface area is 169 Å². The lowest BCUT2D eigenvalue weighted by Gasteiger charge is -2.19. The Morgan fingerprint density at radius 2 is 1.54 bits per heavy atom. The van der Waals surface area contributed by atoms with Gasteiger partial charge in [-0.15, -0.1) is 0 Å². The molecule has 2 N–H and O–H groups in total. The smallest absolute Gasteiger partial charge is 0.319 e. The normalized spacial score (nSPS) is 12.2. The van der Waals surface area contributed by atoms with E-state index in [-0.39, 0.29) is 11.4 Å². The summed E-state index contributed by atoms with van der Waals surface area (Å²) in [4.78, 5) is 12.5. The molecule has 7 heteroatoms. The van der Waals surface area contributed by atoms with Crippen LogP contribution in [0.25, 0.3) is 0 Å². The number of nitrogens with one attached hydrogen (secondary N) is 2. The highest BCUT2D eigenvalue weighted by Crippen LogP contribution is 2.28. The second-order valence-electron chi connectivity index (χ2n) is 6.10. The van der Waals surface area contributed by atoms with Gasteiger partial charge in [0.1, 0.15) is 5.25 Å². The van der Waals surface area contributed by atoms with Crippen molar-refractivity contribution in [1.82, 2.24) is 5.32 Å². The molecule has 5 nitrogen and oxygen atoms in total. The van der Waals surface area contributed by atoms with Crippen LogP contribution < -0.4 is 10.6 Å². The molecule has 0 radical (unpaired) electrons. The van der Waals surface area contributed by atoms with Crippen LogP contribution in [0, 0.1) is 0 Å². The topological polar surface area (TPSA) is 75.3 Å². The number of urea groups is 1. The summed E-state index contributed by atoms with van der Waals surface area (Å²) < 4.78 is 26.3. The summed E-state index contributed by atoms with van der Waals surface area (Å²) in [7, 11) is -3.69. The Bertz CT molecular complexity index is 1040. The van der Waals surface area contributed by atoms with E-state index in [1.54, 1.807) is 78.9 Å². The minimum Gasteiger partial charge on any atom is -0.336 e. The summed E-state index contributed by atoms with van der Waals surface area (Å²) in [5.41, 5.74) is 1.13. The van der Waals surface area contributed by atoms with Crippen molar-refractivity contribution >= 4 is 33.2 Å². The summed E-state index contributed by atoms with van der Waals surface area (Å²) in [6, 6.07) is 23.3. The fourth-order valence-electron chi connectivity index (χ4n) is 2.78. The van der Waals surface area contributed by atoms with Gasteiger partial charge in [0.2, 0.25) is 0 Å². The number of benzene rings is 3. The second kappa shape index (κ2) is 8.91. The Hall–Kier alpha value is -2.83. The van der Waals surface area contributed by atoms with E-state index in [9.17, 15) is 13.2 Å². The van der Waals surface area contributed by atoms with Gasteiger partial charge in [-0.3, -0.25) is 0 Å². The average Bonchev–Trinajstić information content (AvgIpc) is 2.69. The van der Waals surface area contributed by atoms with E-state index in [2.05, 4.69) is 10.6 Å². The molecule has 3 aromatic rings. The number of hydrogen-bond acceptors (Lipinski definition) is 3. The van der Waals surface area contributed by atoms with Gasteiger partial charge in [-0.1, -0.05) is 66.2 Å². The molecule has 2 amide bonds. The molecule has 0 unspecified atom stereocenters. The van der Waals surface area contributed by atoms with E-state index in [1.807, 2.05) is 6.07 Å². The molecule has 0 aliphatic heterocycles. The predicted octanol–water partition coefficient (Wildman–Crippen LogP) is 4.68. The predicted molar refractivity (Wildman–Crippen MR) is 111 cm³/mol. The minimum atomic E-state index is -3.69. The molecule has 0 spiro atoms. The van der Waals surface area contributed by atoms with Crippen molar-refractivity contribution in [2.75, 3.05) is 11.9 Å². The van der Waals surface area contributed by atoms with Gasteiger partial charge in [0, 0.05) is 17.3 Å². The molecule has 0 heterocycles. The molecular weight excluding hydrogens is 396 g/mol. The maximum atomic E-state index is 13.2. The van der Waals surface area contributed by atoms with Gasteiger partial charge in [0.15, 0.2) is 9.84 Å². The summed E-state index contributed by atoms with van der Waals surface area (Å²) in [6.07, 6.45) is 0. The summed E-state index contributed by atoms with van der Waals surface area (Å²) in [5.74, 6) is 0. The van der Waals surface area contributed by atoms with E-state index in [0.29, 0.717) is 16.3 Å². The monoisotopic (exact) mass is 414 g/mol. The number of carbonyl (C=O) groups is 1. The number of sulfone groups is 1. The first-order chi connectivity index (χ1) is 13.5.